The molecular weight excluding hydrogens is 448 g/mol. The van der Waals surface area contributed by atoms with Gasteiger partial charge in [-0.25, -0.2) is 4.98 Å². The van der Waals surface area contributed by atoms with E-state index < -0.39 is 0 Å². The monoisotopic (exact) mass is 478 g/mol. The summed E-state index contributed by atoms with van der Waals surface area (Å²) in [4.78, 5) is 7.26. The topological polar surface area (TPSA) is 91.3 Å². The molecular formula is C28H30N8. The van der Waals surface area contributed by atoms with Crippen LogP contribution in [0.1, 0.15) is 53.9 Å². The Morgan fingerprint density at radius 1 is 1.03 bits per heavy atom. The number of aromatic amines is 2. The van der Waals surface area contributed by atoms with Crippen LogP contribution in [0.5, 0.6) is 0 Å². The summed E-state index contributed by atoms with van der Waals surface area (Å²) in [6, 6.07) is 12.8. The molecule has 36 heavy (non-hydrogen) atoms. The number of benzene rings is 2. The van der Waals surface area contributed by atoms with Gasteiger partial charge in [0.05, 0.1) is 24.1 Å². The van der Waals surface area contributed by atoms with Crippen molar-refractivity contribution in [2.24, 2.45) is 0 Å². The number of H-pyrrole nitrogens is 2. The van der Waals surface area contributed by atoms with Crippen LogP contribution in [0, 0.1) is 6.92 Å². The van der Waals surface area contributed by atoms with E-state index >= 15 is 0 Å². The highest BCUT2D eigenvalue weighted by Crippen LogP contribution is 2.45. The number of fused-ring (bicyclic) bond motifs is 2. The van der Waals surface area contributed by atoms with Gasteiger partial charge in [0.15, 0.2) is 5.82 Å². The average Bonchev–Trinajstić information content (AvgIpc) is 3.29. The quantitative estimate of drug-likeness (QED) is 0.365. The third-order valence-electron chi connectivity index (χ3n) is 7.81. The fourth-order valence-corrected chi connectivity index (χ4v) is 5.63. The van der Waals surface area contributed by atoms with E-state index in [4.69, 9.17) is 10.1 Å². The molecule has 8 heteroatoms. The molecule has 7 rings (SSSR count). The number of hydrogen-bond donors (Lipinski definition) is 2. The van der Waals surface area contributed by atoms with Gasteiger partial charge in [0.25, 0.3) is 0 Å². The fourth-order valence-electron chi connectivity index (χ4n) is 5.63. The molecule has 1 aliphatic carbocycles. The van der Waals surface area contributed by atoms with Crippen LogP contribution in [0.15, 0.2) is 42.6 Å². The third-order valence-corrected chi connectivity index (χ3v) is 7.81. The maximum atomic E-state index is 4.95. The molecule has 0 amide bonds. The maximum absolute atomic E-state index is 4.95. The highest BCUT2D eigenvalue weighted by atomic mass is 15.4. The van der Waals surface area contributed by atoms with Crippen molar-refractivity contribution in [3.8, 4) is 22.6 Å². The summed E-state index contributed by atoms with van der Waals surface area (Å²) >= 11 is 0. The highest BCUT2D eigenvalue weighted by Gasteiger charge is 2.29. The molecule has 0 atom stereocenters. The predicted octanol–water partition coefficient (Wildman–Crippen LogP) is 4.82. The smallest absolute Gasteiger partial charge is 0.181 e. The van der Waals surface area contributed by atoms with Gasteiger partial charge in [0.2, 0.25) is 0 Å². The van der Waals surface area contributed by atoms with Crippen molar-refractivity contribution in [2.45, 2.75) is 52.1 Å². The highest BCUT2D eigenvalue weighted by molar-refractivity contribution is 5.84. The molecule has 1 saturated carbocycles. The van der Waals surface area contributed by atoms with Crippen molar-refractivity contribution in [3.63, 3.8) is 0 Å². The Labute approximate surface area is 209 Å². The Hall–Kier alpha value is -3.78. The number of hydrogen-bond acceptors (Lipinski definition) is 5. The number of aromatic nitrogens is 7. The summed E-state index contributed by atoms with van der Waals surface area (Å²) in [5.41, 5.74) is 9.71. The first-order chi connectivity index (χ1) is 17.7. The van der Waals surface area contributed by atoms with E-state index in [1.54, 1.807) is 0 Å². The van der Waals surface area contributed by atoms with E-state index in [0.717, 1.165) is 66.6 Å². The summed E-state index contributed by atoms with van der Waals surface area (Å²) in [7, 11) is 0. The lowest BCUT2D eigenvalue weighted by Crippen LogP contribution is -2.34. The van der Waals surface area contributed by atoms with Crippen LogP contribution in [-0.4, -0.2) is 53.1 Å². The normalized spacial score (nSPS) is 16.1. The van der Waals surface area contributed by atoms with Crippen molar-refractivity contribution in [2.75, 3.05) is 13.1 Å². The number of likely N-dealkylation sites (N-methyl/N-ethyl adjacent to an activating group) is 1. The first-order valence-corrected chi connectivity index (χ1v) is 12.9. The van der Waals surface area contributed by atoms with Crippen molar-refractivity contribution in [1.29, 1.82) is 0 Å². The molecule has 3 aromatic heterocycles. The van der Waals surface area contributed by atoms with Crippen LogP contribution in [-0.2, 0) is 19.5 Å². The van der Waals surface area contributed by atoms with Gasteiger partial charge in [-0.15, -0.1) is 0 Å². The van der Waals surface area contributed by atoms with Gasteiger partial charge in [-0.3, -0.25) is 19.8 Å². The SMILES string of the molecule is CCN1CCc2c(C)c(-c3ccc(-c4n[nH]c(Cc5ccc6[nH]ncc6c5C5CC5)n4)cc3)nn2C1. The molecule has 0 unspecified atom stereocenters. The molecule has 1 aliphatic heterocycles. The molecule has 0 spiro atoms. The Kier molecular flexibility index (Phi) is 5.02. The molecule has 182 valence electrons. The van der Waals surface area contributed by atoms with E-state index in [0.29, 0.717) is 5.92 Å². The second-order valence-corrected chi connectivity index (χ2v) is 10.1. The van der Waals surface area contributed by atoms with Crippen molar-refractivity contribution in [3.05, 3.63) is 70.8 Å². The lowest BCUT2D eigenvalue weighted by atomic mass is 9.97. The summed E-state index contributed by atoms with van der Waals surface area (Å²) in [6.07, 6.45) is 6.26. The van der Waals surface area contributed by atoms with Crippen LogP contribution in [0.4, 0.5) is 0 Å². The van der Waals surface area contributed by atoms with Crippen LogP contribution >= 0.6 is 0 Å². The van der Waals surface area contributed by atoms with Gasteiger partial charge in [0.1, 0.15) is 5.82 Å². The predicted molar refractivity (Wildman–Crippen MR) is 140 cm³/mol. The Morgan fingerprint density at radius 3 is 2.67 bits per heavy atom. The zero-order chi connectivity index (χ0) is 24.2. The zero-order valence-electron chi connectivity index (χ0n) is 20.8. The van der Waals surface area contributed by atoms with Crippen LogP contribution in [0.25, 0.3) is 33.5 Å². The minimum Gasteiger partial charge on any atom is -0.284 e. The minimum absolute atomic E-state index is 0.637. The van der Waals surface area contributed by atoms with Gasteiger partial charge in [-0.2, -0.15) is 15.3 Å². The number of nitrogens with one attached hydrogen (secondary N) is 2. The van der Waals surface area contributed by atoms with E-state index in [9.17, 15) is 0 Å². The maximum Gasteiger partial charge on any atom is 0.181 e. The third kappa shape index (κ3) is 3.64. The van der Waals surface area contributed by atoms with E-state index in [1.165, 1.54) is 40.6 Å². The molecule has 0 radical (unpaired) electrons. The standard InChI is InChI=1S/C28H30N8/c1-3-35-13-12-24-17(2)27(34-36(24)16-35)19-6-8-20(9-7-19)28-30-25(32-33-28)14-21-10-11-23-22(15-29-31-23)26(21)18-4-5-18/h6-11,15,18H,3-5,12-14,16H2,1-2H3,(H,29,31)(H,30,32,33). The summed E-state index contributed by atoms with van der Waals surface area (Å²) in [5, 5.41) is 21.3. The summed E-state index contributed by atoms with van der Waals surface area (Å²) in [6.45, 7) is 7.44. The average molecular weight is 479 g/mol. The zero-order valence-corrected chi connectivity index (χ0v) is 20.8. The second kappa shape index (κ2) is 8.41. The summed E-state index contributed by atoms with van der Waals surface area (Å²) in [5.74, 6) is 2.25. The molecule has 1 fully saturated rings. The minimum atomic E-state index is 0.637. The van der Waals surface area contributed by atoms with Gasteiger partial charge in [0, 0.05) is 41.6 Å². The van der Waals surface area contributed by atoms with E-state index in [2.05, 4.69) is 80.2 Å². The Balaban J connectivity index is 1.13. The molecule has 4 heterocycles. The summed E-state index contributed by atoms with van der Waals surface area (Å²) < 4.78 is 2.17. The fraction of sp³-hybridized carbons (Fsp3) is 0.357. The van der Waals surface area contributed by atoms with Gasteiger partial charge in [-0.1, -0.05) is 37.3 Å². The van der Waals surface area contributed by atoms with Crippen molar-refractivity contribution in [1.82, 2.24) is 40.1 Å². The van der Waals surface area contributed by atoms with Crippen LogP contribution < -0.4 is 0 Å². The molecule has 8 nitrogen and oxygen atoms in total. The number of rotatable bonds is 6. The van der Waals surface area contributed by atoms with Gasteiger partial charge < -0.3 is 0 Å². The van der Waals surface area contributed by atoms with Gasteiger partial charge >= 0.3 is 0 Å². The molecule has 0 saturated heterocycles. The molecule has 2 aromatic carbocycles. The van der Waals surface area contributed by atoms with Gasteiger partial charge in [-0.05, 0) is 55.0 Å². The molecule has 0 bridgehead atoms. The molecule has 5 aromatic rings. The van der Waals surface area contributed by atoms with E-state index in [-0.39, 0.29) is 0 Å². The Morgan fingerprint density at radius 2 is 1.86 bits per heavy atom. The Bertz CT molecular complexity index is 1550. The largest absolute Gasteiger partial charge is 0.284 e. The van der Waals surface area contributed by atoms with Crippen LogP contribution in [0.3, 0.4) is 0 Å². The molecule has 2 N–H and O–H groups in total. The first-order valence-electron chi connectivity index (χ1n) is 12.9. The lowest BCUT2D eigenvalue weighted by molar-refractivity contribution is 0.191. The lowest BCUT2D eigenvalue weighted by Gasteiger charge is -2.26. The van der Waals surface area contributed by atoms with Crippen LogP contribution in [0.2, 0.25) is 0 Å². The molecule has 2 aliphatic rings. The number of nitrogens with zero attached hydrogens (tertiary/aromatic N) is 6. The second-order valence-electron chi connectivity index (χ2n) is 10.1. The van der Waals surface area contributed by atoms with E-state index in [1.807, 2.05) is 6.20 Å². The first kappa shape index (κ1) is 21.5. The van der Waals surface area contributed by atoms with Crippen molar-refractivity contribution >= 4 is 10.9 Å². The van der Waals surface area contributed by atoms with Crippen molar-refractivity contribution < 1.29 is 0 Å².